The summed E-state index contributed by atoms with van der Waals surface area (Å²) in [6.07, 6.45) is 5.40. The van der Waals surface area contributed by atoms with Crippen molar-refractivity contribution in [2.75, 3.05) is 13.1 Å². The summed E-state index contributed by atoms with van der Waals surface area (Å²) < 4.78 is 5.23. The number of fused-ring (bicyclic) bond motifs is 1. The highest BCUT2D eigenvalue weighted by molar-refractivity contribution is 7.97. The number of nitriles is 1. The normalized spacial score (nSPS) is 17.7. The third kappa shape index (κ3) is 4.54. The van der Waals surface area contributed by atoms with E-state index in [0.29, 0.717) is 31.7 Å². The molecule has 8 heteroatoms. The van der Waals surface area contributed by atoms with E-state index in [9.17, 15) is 15.2 Å². The van der Waals surface area contributed by atoms with Crippen LogP contribution in [0.5, 0.6) is 0 Å². The Balaban J connectivity index is 1.49. The monoisotopic (exact) mass is 423 g/mol. The summed E-state index contributed by atoms with van der Waals surface area (Å²) in [5, 5.41) is 20.4. The second-order valence-electron chi connectivity index (χ2n) is 7.54. The van der Waals surface area contributed by atoms with Crippen LogP contribution in [0.4, 0.5) is 0 Å². The van der Waals surface area contributed by atoms with Crippen LogP contribution in [-0.2, 0) is 11.3 Å². The third-order valence-electron chi connectivity index (χ3n) is 5.48. The first-order valence-corrected chi connectivity index (χ1v) is 11.0. The molecular formula is C22H25N5O2S. The number of H-pyrrole nitrogens is 1. The largest absolute Gasteiger partial charge is 0.391 e. The highest BCUT2D eigenvalue weighted by atomic mass is 32.2. The average molecular weight is 424 g/mol. The fourth-order valence-electron chi connectivity index (χ4n) is 3.87. The fourth-order valence-corrected chi connectivity index (χ4v) is 4.79. The van der Waals surface area contributed by atoms with Gasteiger partial charge in [0, 0.05) is 47.8 Å². The summed E-state index contributed by atoms with van der Waals surface area (Å²) in [7, 11) is 0. The molecule has 0 saturated carbocycles. The van der Waals surface area contributed by atoms with E-state index in [0.717, 1.165) is 28.6 Å². The number of aromatic amines is 1. The van der Waals surface area contributed by atoms with E-state index in [2.05, 4.69) is 15.8 Å². The summed E-state index contributed by atoms with van der Waals surface area (Å²) in [5.41, 5.74) is 1.63. The first kappa shape index (κ1) is 20.5. The molecule has 3 heterocycles. The van der Waals surface area contributed by atoms with E-state index in [4.69, 9.17) is 0 Å². The Bertz CT molecular complexity index is 1050. The van der Waals surface area contributed by atoms with Crippen molar-refractivity contribution in [3.05, 3.63) is 54.5 Å². The lowest BCUT2D eigenvalue weighted by Crippen LogP contribution is -2.50. The van der Waals surface area contributed by atoms with Crippen LogP contribution in [0.3, 0.4) is 0 Å². The second kappa shape index (κ2) is 9.39. The van der Waals surface area contributed by atoms with Crippen LogP contribution in [0.1, 0.15) is 25.0 Å². The fraction of sp³-hybridized carbons (Fsp3) is 0.364. The predicted molar refractivity (Wildman–Crippen MR) is 117 cm³/mol. The van der Waals surface area contributed by atoms with Crippen molar-refractivity contribution in [2.24, 2.45) is 0 Å². The van der Waals surface area contributed by atoms with Gasteiger partial charge >= 0.3 is 0 Å². The van der Waals surface area contributed by atoms with Gasteiger partial charge in [0.05, 0.1) is 12.1 Å². The number of hydrogen-bond acceptors (Lipinski definition) is 5. The molecule has 1 fully saturated rings. The van der Waals surface area contributed by atoms with Gasteiger partial charge in [-0.2, -0.15) is 5.26 Å². The molecule has 156 valence electrons. The Morgan fingerprint density at radius 3 is 3.10 bits per heavy atom. The maximum atomic E-state index is 13.3. The molecule has 0 radical (unpaired) electrons. The first-order chi connectivity index (χ1) is 14.7. The number of nitrogens with one attached hydrogen (secondary N) is 2. The van der Waals surface area contributed by atoms with E-state index in [1.54, 1.807) is 11.0 Å². The molecular weight excluding hydrogens is 398 g/mol. The maximum absolute atomic E-state index is 13.3. The van der Waals surface area contributed by atoms with Gasteiger partial charge in [0.1, 0.15) is 11.8 Å². The number of aliphatic hydroxyl groups is 1. The number of aromatic nitrogens is 2. The van der Waals surface area contributed by atoms with E-state index in [1.807, 2.05) is 47.3 Å². The summed E-state index contributed by atoms with van der Waals surface area (Å²) in [4.78, 5) is 19.3. The number of carbonyl (C=O) groups is 1. The van der Waals surface area contributed by atoms with Gasteiger partial charge in [0.15, 0.2) is 0 Å². The average Bonchev–Trinajstić information content (AvgIpc) is 3.42. The summed E-state index contributed by atoms with van der Waals surface area (Å²) in [5.74, 6) is -0.00634. The highest BCUT2D eigenvalue weighted by Crippen LogP contribution is 2.26. The van der Waals surface area contributed by atoms with E-state index in [1.165, 1.54) is 11.9 Å². The number of hydrogen-bond donors (Lipinski definition) is 3. The number of β-amino-alcohol motifs (C(OH)–C–C–N with tert-alkyl or cyclic N) is 1. The van der Waals surface area contributed by atoms with E-state index < -0.39 is 12.1 Å². The Morgan fingerprint density at radius 1 is 1.37 bits per heavy atom. The molecule has 1 aliphatic heterocycles. The van der Waals surface area contributed by atoms with E-state index >= 15 is 0 Å². The van der Waals surface area contributed by atoms with Crippen molar-refractivity contribution < 1.29 is 9.90 Å². The Labute approximate surface area is 179 Å². The van der Waals surface area contributed by atoms with Gasteiger partial charge in [-0.05, 0) is 61.5 Å². The molecule has 1 amide bonds. The smallest absolute Gasteiger partial charge is 0.240 e. The van der Waals surface area contributed by atoms with Crippen LogP contribution in [-0.4, -0.2) is 50.7 Å². The van der Waals surface area contributed by atoms with Crippen molar-refractivity contribution in [3.8, 4) is 6.07 Å². The van der Waals surface area contributed by atoms with Crippen LogP contribution in [0.15, 0.2) is 53.7 Å². The molecule has 1 aromatic carbocycles. The van der Waals surface area contributed by atoms with Crippen molar-refractivity contribution in [2.45, 2.75) is 42.8 Å². The van der Waals surface area contributed by atoms with Crippen molar-refractivity contribution in [1.82, 2.24) is 19.2 Å². The first-order valence-electron chi connectivity index (χ1n) is 10.2. The SMILES string of the molecule is N#Cc1cccn1CCC(NSc1cccc2[nH]ccc12)C(=O)N1CCCC(O)C1. The second-order valence-corrected chi connectivity index (χ2v) is 8.41. The lowest BCUT2D eigenvalue weighted by atomic mass is 10.1. The van der Waals surface area contributed by atoms with E-state index in [-0.39, 0.29) is 5.91 Å². The number of carbonyl (C=O) groups excluding carboxylic acids is 1. The Kier molecular flexibility index (Phi) is 6.43. The number of aryl methyl sites for hydroxylation is 1. The lowest BCUT2D eigenvalue weighted by molar-refractivity contribution is -0.136. The molecule has 4 rings (SSSR count). The number of benzene rings is 1. The number of nitrogens with zero attached hydrogens (tertiary/aromatic N) is 3. The van der Waals surface area contributed by atoms with Crippen molar-refractivity contribution in [3.63, 3.8) is 0 Å². The van der Waals surface area contributed by atoms with Gasteiger partial charge < -0.3 is 19.6 Å². The van der Waals surface area contributed by atoms with Crippen LogP contribution >= 0.6 is 11.9 Å². The van der Waals surface area contributed by atoms with Gasteiger partial charge in [-0.1, -0.05) is 6.07 Å². The molecule has 0 aliphatic carbocycles. The summed E-state index contributed by atoms with van der Waals surface area (Å²) >= 11 is 1.45. The number of amides is 1. The minimum Gasteiger partial charge on any atom is -0.391 e. The summed E-state index contributed by atoms with van der Waals surface area (Å²) in [6, 6.07) is 13.4. The van der Waals surface area contributed by atoms with Gasteiger partial charge in [-0.25, -0.2) is 4.72 Å². The maximum Gasteiger partial charge on any atom is 0.240 e. The molecule has 3 aromatic rings. The van der Waals surface area contributed by atoms with Crippen LogP contribution in [0.25, 0.3) is 10.9 Å². The van der Waals surface area contributed by atoms with Crippen molar-refractivity contribution in [1.29, 1.82) is 5.26 Å². The highest BCUT2D eigenvalue weighted by Gasteiger charge is 2.28. The third-order valence-corrected chi connectivity index (χ3v) is 6.45. The van der Waals surface area contributed by atoms with Crippen LogP contribution in [0, 0.1) is 11.3 Å². The minimum absolute atomic E-state index is 0.00634. The van der Waals surface area contributed by atoms with Gasteiger partial charge in [-0.3, -0.25) is 4.79 Å². The lowest BCUT2D eigenvalue weighted by Gasteiger charge is -2.33. The molecule has 1 saturated heterocycles. The Hall–Kier alpha value is -2.73. The minimum atomic E-state index is -0.459. The number of rotatable bonds is 7. The number of piperidine rings is 1. The zero-order chi connectivity index (χ0) is 20.9. The molecule has 7 nitrogen and oxygen atoms in total. The zero-order valence-corrected chi connectivity index (χ0v) is 17.4. The quantitative estimate of drug-likeness (QED) is 0.508. The molecule has 30 heavy (non-hydrogen) atoms. The Morgan fingerprint density at radius 2 is 2.27 bits per heavy atom. The molecule has 0 spiro atoms. The molecule has 2 atom stereocenters. The summed E-state index contributed by atoms with van der Waals surface area (Å²) in [6.45, 7) is 1.60. The van der Waals surface area contributed by atoms with Crippen LogP contribution in [0.2, 0.25) is 0 Å². The van der Waals surface area contributed by atoms with Crippen molar-refractivity contribution >= 4 is 28.8 Å². The molecule has 2 aromatic heterocycles. The number of likely N-dealkylation sites (tertiary alicyclic amines) is 1. The molecule has 2 unspecified atom stereocenters. The number of aliphatic hydroxyl groups excluding tert-OH is 1. The molecule has 0 bridgehead atoms. The standard InChI is InChI=1S/C22H25N5O2S/c23-14-16-4-2-11-26(16)13-9-20(22(29)27-12-3-5-17(28)15-27)25-30-21-7-1-6-19-18(21)8-10-24-19/h1-2,4,6-8,10-11,17,20,24-25,28H,3,5,9,12-13,15H2. The topological polar surface area (TPSA) is 97.1 Å². The molecule has 3 N–H and O–H groups in total. The zero-order valence-electron chi connectivity index (χ0n) is 16.6. The van der Waals surface area contributed by atoms with Gasteiger partial charge in [-0.15, -0.1) is 0 Å². The van der Waals surface area contributed by atoms with Gasteiger partial charge in [0.25, 0.3) is 0 Å². The van der Waals surface area contributed by atoms with Crippen LogP contribution < -0.4 is 4.72 Å². The van der Waals surface area contributed by atoms with Gasteiger partial charge in [0.2, 0.25) is 5.91 Å². The predicted octanol–water partition coefficient (Wildman–Crippen LogP) is 2.88. The molecule has 1 aliphatic rings.